The molecule has 0 N–H and O–H groups in total. The Bertz CT molecular complexity index is 1920. The van der Waals surface area contributed by atoms with Gasteiger partial charge in [0.1, 0.15) is 17.3 Å². The molecule has 6 aromatic rings. The van der Waals surface area contributed by atoms with Crippen molar-refractivity contribution in [3.63, 3.8) is 0 Å². The normalized spacial score (nSPS) is 14.6. The highest BCUT2D eigenvalue weighted by atomic mass is 19.4. The van der Waals surface area contributed by atoms with Crippen molar-refractivity contribution in [1.82, 2.24) is 4.98 Å². The van der Waals surface area contributed by atoms with Gasteiger partial charge in [-0.1, -0.05) is 54.6 Å². The van der Waals surface area contributed by atoms with Crippen LogP contribution < -0.4 is 9.47 Å². The van der Waals surface area contributed by atoms with Crippen molar-refractivity contribution in [3.05, 3.63) is 125 Å². The summed E-state index contributed by atoms with van der Waals surface area (Å²) in [6, 6.07) is 25.9. The van der Waals surface area contributed by atoms with Crippen molar-refractivity contribution in [3.8, 4) is 11.5 Å². The summed E-state index contributed by atoms with van der Waals surface area (Å²) in [5, 5.41) is 6.77. The van der Waals surface area contributed by atoms with E-state index in [-0.39, 0.29) is 5.92 Å². The summed E-state index contributed by atoms with van der Waals surface area (Å²) in [5.74, 6) is 0.585. The highest BCUT2D eigenvalue weighted by Crippen LogP contribution is 2.44. The zero-order valence-electron chi connectivity index (χ0n) is 25.1. The number of aryl methyl sites for hydroxylation is 2. The molecular weight excluding hydrogens is 578 g/mol. The Morgan fingerprint density at radius 3 is 2.33 bits per heavy atom. The topological polar surface area (TPSA) is 31.4 Å². The number of hydrogen-bond acceptors (Lipinski definition) is 3. The van der Waals surface area contributed by atoms with Gasteiger partial charge in [0.25, 0.3) is 0 Å². The molecular formula is C38H33F4NO2. The maximum atomic E-state index is 14.0. The maximum Gasteiger partial charge on any atom is 0.419 e. The summed E-state index contributed by atoms with van der Waals surface area (Å²) in [5.41, 5.74) is 1.93. The van der Waals surface area contributed by atoms with Crippen LogP contribution in [-0.2, 0) is 19.0 Å². The largest absolute Gasteiger partial charge is 0.496 e. The second-order valence-corrected chi connectivity index (χ2v) is 11.4. The first-order valence-corrected chi connectivity index (χ1v) is 15.0. The molecule has 0 radical (unpaired) electrons. The molecule has 230 valence electrons. The number of alkyl halides is 3. The Hall–Kier alpha value is -4.65. The summed E-state index contributed by atoms with van der Waals surface area (Å²) in [6.07, 6.45) is 3.25. The number of rotatable bonds is 5. The lowest BCUT2D eigenvalue weighted by atomic mass is 9.77. The van der Waals surface area contributed by atoms with Crippen LogP contribution in [0.1, 0.15) is 47.4 Å². The van der Waals surface area contributed by atoms with Crippen LogP contribution in [0.4, 0.5) is 17.6 Å². The lowest BCUT2D eigenvalue weighted by molar-refractivity contribution is -0.140. The molecule has 0 saturated carbocycles. The molecule has 3 nitrogen and oxygen atoms in total. The van der Waals surface area contributed by atoms with E-state index in [1.165, 1.54) is 28.0 Å². The molecule has 0 bridgehead atoms. The Balaban J connectivity index is 0.000000301. The molecule has 0 spiro atoms. The minimum absolute atomic E-state index is 0.264. The quantitative estimate of drug-likeness (QED) is 0.144. The third kappa shape index (κ3) is 6.17. The fourth-order valence-electron chi connectivity index (χ4n) is 6.58. The molecule has 1 aromatic heterocycles. The summed E-state index contributed by atoms with van der Waals surface area (Å²) in [6.45, 7) is 0. The lowest BCUT2D eigenvalue weighted by Gasteiger charge is -2.27. The van der Waals surface area contributed by atoms with Crippen LogP contribution in [-0.4, -0.2) is 19.2 Å². The average molecular weight is 612 g/mol. The van der Waals surface area contributed by atoms with E-state index in [0.717, 1.165) is 70.9 Å². The van der Waals surface area contributed by atoms with Crippen molar-refractivity contribution in [2.24, 2.45) is 0 Å². The molecule has 1 aliphatic carbocycles. The van der Waals surface area contributed by atoms with Gasteiger partial charge in [0, 0.05) is 12.4 Å². The third-order valence-electron chi connectivity index (χ3n) is 8.76. The van der Waals surface area contributed by atoms with Gasteiger partial charge in [-0.3, -0.25) is 4.98 Å². The summed E-state index contributed by atoms with van der Waals surface area (Å²) < 4.78 is 64.0. The summed E-state index contributed by atoms with van der Waals surface area (Å²) in [4.78, 5) is 4.01. The van der Waals surface area contributed by atoms with Crippen molar-refractivity contribution < 1.29 is 27.0 Å². The number of ether oxygens (including phenoxy) is 2. The minimum atomic E-state index is -4.68. The molecule has 7 rings (SSSR count). The Morgan fingerprint density at radius 2 is 1.60 bits per heavy atom. The van der Waals surface area contributed by atoms with Crippen LogP contribution in [0.3, 0.4) is 0 Å². The fourth-order valence-corrected chi connectivity index (χ4v) is 6.58. The van der Waals surface area contributed by atoms with E-state index in [4.69, 9.17) is 9.47 Å². The van der Waals surface area contributed by atoms with Gasteiger partial charge in [-0.2, -0.15) is 13.2 Å². The van der Waals surface area contributed by atoms with Crippen LogP contribution in [0.5, 0.6) is 11.5 Å². The molecule has 0 amide bonds. The standard InChI is InChI=1S/C29H26F4O2.C9H7N/c1-34-26-8-4-7-22-21-13-12-19-18(5-3-6-20(19)23(21)16-27(35-2)28(22)26)11-9-17-10-14-24(25(30)15-17)29(31,32)33;1-2-4-9-7-10-6-5-8(9)3-1/h4,7-8,10,12-16,18H,3,5-6,9,11H2,1-2H3;1-7H/t18-;/m0./s1. The van der Waals surface area contributed by atoms with E-state index in [0.29, 0.717) is 12.0 Å². The van der Waals surface area contributed by atoms with Gasteiger partial charge in [-0.15, -0.1) is 0 Å². The minimum Gasteiger partial charge on any atom is -0.496 e. The molecule has 1 atom stereocenters. The van der Waals surface area contributed by atoms with Gasteiger partial charge in [0.2, 0.25) is 0 Å². The molecule has 45 heavy (non-hydrogen) atoms. The molecule has 0 fully saturated rings. The average Bonchev–Trinajstić information content (AvgIpc) is 3.06. The van der Waals surface area contributed by atoms with Crippen LogP contribution in [0.15, 0.2) is 97.3 Å². The first kappa shape index (κ1) is 30.4. The van der Waals surface area contributed by atoms with Crippen molar-refractivity contribution in [2.75, 3.05) is 14.2 Å². The van der Waals surface area contributed by atoms with Crippen molar-refractivity contribution in [2.45, 2.75) is 44.2 Å². The number of methoxy groups -OCH3 is 2. The van der Waals surface area contributed by atoms with Gasteiger partial charge in [0.05, 0.1) is 25.2 Å². The zero-order valence-corrected chi connectivity index (χ0v) is 25.1. The Labute approximate surface area is 259 Å². The number of hydrogen-bond donors (Lipinski definition) is 0. The lowest BCUT2D eigenvalue weighted by Crippen LogP contribution is -2.12. The van der Waals surface area contributed by atoms with E-state index in [1.54, 1.807) is 14.2 Å². The monoisotopic (exact) mass is 611 g/mol. The Kier molecular flexibility index (Phi) is 8.61. The van der Waals surface area contributed by atoms with Crippen molar-refractivity contribution in [1.29, 1.82) is 0 Å². The molecule has 1 aliphatic rings. The number of nitrogens with zero attached hydrogens (tertiary/aromatic N) is 1. The SMILES string of the molecule is COc1cccc2c1c(OC)cc1c3c(ccc12)[C@H](CCc1ccc(C(F)(F)F)c(F)c1)CCC3.c1ccc2cnccc2c1. The number of halogens is 4. The third-order valence-corrected chi connectivity index (χ3v) is 8.76. The second-order valence-electron chi connectivity index (χ2n) is 11.4. The van der Waals surface area contributed by atoms with E-state index in [9.17, 15) is 17.6 Å². The number of aromatic nitrogens is 1. The fraction of sp³-hybridized carbons (Fsp3) is 0.237. The molecule has 0 aliphatic heterocycles. The highest BCUT2D eigenvalue weighted by molar-refractivity contribution is 6.13. The Morgan fingerprint density at radius 1 is 0.800 bits per heavy atom. The van der Waals surface area contributed by atoms with Gasteiger partial charge in [0.15, 0.2) is 0 Å². The first-order valence-electron chi connectivity index (χ1n) is 15.0. The zero-order chi connectivity index (χ0) is 31.6. The first-order chi connectivity index (χ1) is 21.8. The maximum absolute atomic E-state index is 14.0. The van der Waals surface area contributed by atoms with E-state index >= 15 is 0 Å². The van der Waals surface area contributed by atoms with Gasteiger partial charge >= 0.3 is 6.18 Å². The smallest absolute Gasteiger partial charge is 0.419 e. The van der Waals surface area contributed by atoms with Crippen LogP contribution >= 0.6 is 0 Å². The molecule has 7 heteroatoms. The van der Waals surface area contributed by atoms with Crippen LogP contribution in [0, 0.1) is 5.82 Å². The van der Waals surface area contributed by atoms with Crippen LogP contribution in [0.25, 0.3) is 32.3 Å². The van der Waals surface area contributed by atoms with Gasteiger partial charge in [-0.05, 0) is 112 Å². The predicted molar refractivity (Wildman–Crippen MR) is 172 cm³/mol. The summed E-state index contributed by atoms with van der Waals surface area (Å²) in [7, 11) is 3.31. The van der Waals surface area contributed by atoms with Crippen LogP contribution in [0.2, 0.25) is 0 Å². The second kappa shape index (κ2) is 12.8. The number of fused-ring (bicyclic) bond motifs is 6. The number of benzene rings is 5. The van der Waals surface area contributed by atoms with Crippen molar-refractivity contribution >= 4 is 32.3 Å². The molecule has 1 heterocycles. The molecule has 0 unspecified atom stereocenters. The van der Waals surface area contributed by atoms with E-state index in [2.05, 4.69) is 41.4 Å². The predicted octanol–water partition coefficient (Wildman–Crippen LogP) is 10.5. The molecule has 0 saturated heterocycles. The van der Waals surface area contributed by atoms with Gasteiger partial charge in [-0.25, -0.2) is 4.39 Å². The summed E-state index contributed by atoms with van der Waals surface area (Å²) >= 11 is 0. The van der Waals surface area contributed by atoms with Gasteiger partial charge < -0.3 is 9.47 Å². The molecule has 5 aromatic carbocycles. The van der Waals surface area contributed by atoms with E-state index in [1.807, 2.05) is 42.7 Å². The highest BCUT2D eigenvalue weighted by Gasteiger charge is 2.34. The van der Waals surface area contributed by atoms with E-state index < -0.39 is 17.6 Å². The number of pyridine rings is 1.